The van der Waals surface area contributed by atoms with Gasteiger partial charge in [0, 0.05) is 58.1 Å². The molecule has 3 rings (SSSR count). The van der Waals surface area contributed by atoms with Gasteiger partial charge in [-0.3, -0.25) is 14.7 Å². The highest BCUT2D eigenvalue weighted by molar-refractivity contribution is 7.89. The molecule has 0 radical (unpaired) electrons. The SMILES string of the molecule is O=C(CCNS(=O)(=O)c1ccccc1)N1CCN(Cc2ccncc2)CC1. The van der Waals surface area contributed by atoms with E-state index in [1.807, 2.05) is 12.1 Å². The number of piperazine rings is 1. The fourth-order valence-corrected chi connectivity index (χ4v) is 4.09. The smallest absolute Gasteiger partial charge is 0.240 e. The van der Waals surface area contributed by atoms with Gasteiger partial charge in [-0.2, -0.15) is 0 Å². The summed E-state index contributed by atoms with van der Waals surface area (Å²) in [6.07, 6.45) is 3.73. The summed E-state index contributed by atoms with van der Waals surface area (Å²) in [6.45, 7) is 3.90. The number of hydrogen-bond donors (Lipinski definition) is 1. The van der Waals surface area contributed by atoms with Gasteiger partial charge >= 0.3 is 0 Å². The maximum absolute atomic E-state index is 12.3. The van der Waals surface area contributed by atoms with Crippen LogP contribution in [0.15, 0.2) is 59.8 Å². The Morgan fingerprint density at radius 3 is 2.33 bits per heavy atom. The lowest BCUT2D eigenvalue weighted by Gasteiger charge is -2.34. The van der Waals surface area contributed by atoms with E-state index in [1.54, 1.807) is 35.5 Å². The number of nitrogens with zero attached hydrogens (tertiary/aromatic N) is 3. The Balaban J connectivity index is 1.41. The molecule has 1 fully saturated rings. The first-order chi connectivity index (χ1) is 13.0. The second kappa shape index (κ2) is 9.07. The van der Waals surface area contributed by atoms with Gasteiger partial charge in [0.25, 0.3) is 0 Å². The molecule has 27 heavy (non-hydrogen) atoms. The fourth-order valence-electron chi connectivity index (χ4n) is 3.04. The molecule has 0 aliphatic carbocycles. The van der Waals surface area contributed by atoms with Gasteiger partial charge in [-0.15, -0.1) is 0 Å². The van der Waals surface area contributed by atoms with Crippen LogP contribution in [-0.2, 0) is 21.4 Å². The number of amides is 1. The van der Waals surface area contributed by atoms with Gasteiger partial charge in [0.05, 0.1) is 4.90 Å². The Labute approximate surface area is 160 Å². The summed E-state index contributed by atoms with van der Waals surface area (Å²) >= 11 is 0. The predicted octanol–water partition coefficient (Wildman–Crippen LogP) is 1.09. The first-order valence-electron chi connectivity index (χ1n) is 8.98. The van der Waals surface area contributed by atoms with E-state index in [-0.39, 0.29) is 23.8 Å². The summed E-state index contributed by atoms with van der Waals surface area (Å²) in [4.78, 5) is 20.7. The molecular formula is C19H24N4O3S. The van der Waals surface area contributed by atoms with Crippen LogP contribution < -0.4 is 4.72 Å². The second-order valence-corrected chi connectivity index (χ2v) is 8.24. The minimum absolute atomic E-state index is 0.0191. The minimum Gasteiger partial charge on any atom is -0.340 e. The number of carbonyl (C=O) groups is 1. The zero-order chi connectivity index (χ0) is 19.1. The van der Waals surface area contributed by atoms with Crippen LogP contribution in [0.25, 0.3) is 0 Å². The molecule has 0 spiro atoms. The summed E-state index contributed by atoms with van der Waals surface area (Å²) in [6, 6.07) is 12.2. The van der Waals surface area contributed by atoms with E-state index in [9.17, 15) is 13.2 Å². The van der Waals surface area contributed by atoms with Gasteiger partial charge in [-0.05, 0) is 29.8 Å². The molecule has 2 heterocycles. The molecular weight excluding hydrogens is 364 g/mol. The van der Waals surface area contributed by atoms with Crippen LogP contribution in [0, 0.1) is 0 Å². The van der Waals surface area contributed by atoms with E-state index in [2.05, 4.69) is 14.6 Å². The summed E-state index contributed by atoms with van der Waals surface area (Å²) < 4.78 is 26.8. The lowest BCUT2D eigenvalue weighted by Crippen LogP contribution is -2.48. The monoisotopic (exact) mass is 388 g/mol. The highest BCUT2D eigenvalue weighted by Crippen LogP contribution is 2.10. The largest absolute Gasteiger partial charge is 0.340 e. The second-order valence-electron chi connectivity index (χ2n) is 6.47. The molecule has 1 aliphatic rings. The molecule has 1 aliphatic heterocycles. The van der Waals surface area contributed by atoms with Crippen LogP contribution in [0.5, 0.6) is 0 Å². The maximum atomic E-state index is 12.3. The van der Waals surface area contributed by atoms with Crippen molar-refractivity contribution in [3.05, 3.63) is 60.4 Å². The molecule has 0 bridgehead atoms. The van der Waals surface area contributed by atoms with E-state index >= 15 is 0 Å². The Kier molecular flexibility index (Phi) is 6.54. The molecule has 2 aromatic rings. The maximum Gasteiger partial charge on any atom is 0.240 e. The third kappa shape index (κ3) is 5.59. The topological polar surface area (TPSA) is 82.6 Å². The lowest BCUT2D eigenvalue weighted by molar-refractivity contribution is -0.132. The van der Waals surface area contributed by atoms with Gasteiger partial charge in [0.1, 0.15) is 0 Å². The normalized spacial score (nSPS) is 15.6. The Morgan fingerprint density at radius 2 is 1.67 bits per heavy atom. The van der Waals surface area contributed by atoms with Gasteiger partial charge in [-0.25, -0.2) is 13.1 Å². The van der Waals surface area contributed by atoms with Crippen LogP contribution >= 0.6 is 0 Å². The van der Waals surface area contributed by atoms with Crippen molar-refractivity contribution in [2.45, 2.75) is 17.9 Å². The van der Waals surface area contributed by atoms with Crippen molar-refractivity contribution in [2.75, 3.05) is 32.7 Å². The van der Waals surface area contributed by atoms with Crippen molar-refractivity contribution >= 4 is 15.9 Å². The van der Waals surface area contributed by atoms with Crippen LogP contribution in [0.3, 0.4) is 0 Å². The molecule has 7 nitrogen and oxygen atoms in total. The zero-order valence-corrected chi connectivity index (χ0v) is 15.9. The summed E-state index contributed by atoms with van der Waals surface area (Å²) in [7, 11) is -3.56. The van der Waals surface area contributed by atoms with E-state index < -0.39 is 10.0 Å². The van der Waals surface area contributed by atoms with E-state index in [4.69, 9.17) is 0 Å². The van der Waals surface area contributed by atoms with Gasteiger partial charge < -0.3 is 4.90 Å². The first-order valence-corrected chi connectivity index (χ1v) is 10.5. The average molecular weight is 388 g/mol. The van der Waals surface area contributed by atoms with Crippen molar-refractivity contribution in [1.82, 2.24) is 19.5 Å². The van der Waals surface area contributed by atoms with Crippen molar-refractivity contribution in [3.8, 4) is 0 Å². The van der Waals surface area contributed by atoms with Crippen molar-refractivity contribution in [1.29, 1.82) is 0 Å². The van der Waals surface area contributed by atoms with Crippen molar-refractivity contribution < 1.29 is 13.2 Å². The van der Waals surface area contributed by atoms with Gasteiger partial charge in [0.15, 0.2) is 0 Å². The van der Waals surface area contributed by atoms with Crippen LogP contribution in [0.1, 0.15) is 12.0 Å². The van der Waals surface area contributed by atoms with Crippen LogP contribution in [-0.4, -0.2) is 61.8 Å². The van der Waals surface area contributed by atoms with Crippen LogP contribution in [0.4, 0.5) is 0 Å². The Morgan fingerprint density at radius 1 is 1.00 bits per heavy atom. The first kappa shape index (κ1) is 19.5. The van der Waals surface area contributed by atoms with Crippen LogP contribution in [0.2, 0.25) is 0 Å². The standard InChI is InChI=1S/C19H24N4O3S/c24-19(8-11-21-27(25,26)18-4-2-1-3-5-18)23-14-12-22(13-15-23)16-17-6-9-20-10-7-17/h1-7,9-10,21H,8,11-16H2. The minimum atomic E-state index is -3.56. The average Bonchev–Trinajstić information content (AvgIpc) is 2.70. The highest BCUT2D eigenvalue weighted by Gasteiger charge is 2.21. The summed E-state index contributed by atoms with van der Waals surface area (Å²) in [5.41, 5.74) is 1.21. The number of hydrogen-bond acceptors (Lipinski definition) is 5. The number of aromatic nitrogens is 1. The Bertz CT molecular complexity index is 836. The van der Waals surface area contributed by atoms with Crippen molar-refractivity contribution in [3.63, 3.8) is 0 Å². The molecule has 0 saturated carbocycles. The molecule has 1 amide bonds. The highest BCUT2D eigenvalue weighted by atomic mass is 32.2. The van der Waals surface area contributed by atoms with E-state index in [0.29, 0.717) is 13.1 Å². The van der Waals surface area contributed by atoms with Gasteiger partial charge in [-0.1, -0.05) is 18.2 Å². The molecule has 1 N–H and O–H groups in total. The van der Waals surface area contributed by atoms with E-state index in [1.165, 1.54) is 17.7 Å². The molecule has 8 heteroatoms. The third-order valence-corrected chi connectivity index (χ3v) is 6.04. The molecule has 1 saturated heterocycles. The number of benzene rings is 1. The van der Waals surface area contributed by atoms with Gasteiger partial charge in [0.2, 0.25) is 15.9 Å². The zero-order valence-electron chi connectivity index (χ0n) is 15.1. The number of carbonyl (C=O) groups excluding carboxylic acids is 1. The predicted molar refractivity (Wildman–Crippen MR) is 102 cm³/mol. The number of rotatable bonds is 7. The van der Waals surface area contributed by atoms with E-state index in [0.717, 1.165) is 19.6 Å². The molecule has 144 valence electrons. The van der Waals surface area contributed by atoms with Crippen molar-refractivity contribution in [2.24, 2.45) is 0 Å². The Hall–Kier alpha value is -2.29. The number of sulfonamides is 1. The number of pyridine rings is 1. The number of nitrogens with one attached hydrogen (secondary N) is 1. The molecule has 1 aromatic heterocycles. The molecule has 0 atom stereocenters. The molecule has 0 unspecified atom stereocenters. The third-order valence-electron chi connectivity index (χ3n) is 4.56. The summed E-state index contributed by atoms with van der Waals surface area (Å²) in [5.74, 6) is -0.0191. The molecule has 1 aromatic carbocycles. The summed E-state index contributed by atoms with van der Waals surface area (Å²) in [5, 5.41) is 0. The lowest BCUT2D eigenvalue weighted by atomic mass is 10.2. The fraction of sp³-hybridized carbons (Fsp3) is 0.368. The quantitative estimate of drug-likeness (QED) is 0.768.